The van der Waals surface area contributed by atoms with Crippen molar-refractivity contribution in [2.75, 3.05) is 6.61 Å². The van der Waals surface area contributed by atoms with Crippen LogP contribution in [0.15, 0.2) is 42.5 Å². The van der Waals surface area contributed by atoms with E-state index < -0.39 is 0 Å². The van der Waals surface area contributed by atoms with Crippen LogP contribution in [0.5, 0.6) is 23.0 Å². The van der Waals surface area contributed by atoms with Gasteiger partial charge in [-0.2, -0.15) is 0 Å². The smallest absolute Gasteiger partial charge is 0.173 e. The highest BCUT2D eigenvalue weighted by Gasteiger charge is 2.20. The Hall–Kier alpha value is -2.00. The number of ether oxygens (including phenoxy) is 2. The molecule has 1 N–H and O–H groups in total. The Labute approximate surface area is 99.2 Å². The summed E-state index contributed by atoms with van der Waals surface area (Å²) in [4.78, 5) is 0. The van der Waals surface area contributed by atoms with Crippen molar-refractivity contribution in [2.24, 2.45) is 0 Å². The number of hydrogen-bond donors (Lipinski definition) is 1. The molecule has 0 radical (unpaired) electrons. The first-order valence-corrected chi connectivity index (χ1v) is 5.56. The number of benzene rings is 2. The number of aliphatic hydroxyl groups excluding tert-OH is 1. The van der Waals surface area contributed by atoms with Crippen LogP contribution < -0.4 is 9.47 Å². The van der Waals surface area contributed by atoms with E-state index in [1.807, 2.05) is 42.5 Å². The molecular formula is C14H12O3. The van der Waals surface area contributed by atoms with Gasteiger partial charge in [-0.25, -0.2) is 0 Å². The topological polar surface area (TPSA) is 38.7 Å². The fourth-order valence-corrected chi connectivity index (χ4v) is 1.92. The van der Waals surface area contributed by atoms with Crippen molar-refractivity contribution >= 4 is 0 Å². The van der Waals surface area contributed by atoms with Crippen molar-refractivity contribution in [3.63, 3.8) is 0 Å². The van der Waals surface area contributed by atoms with Crippen LogP contribution in [0.2, 0.25) is 0 Å². The molecule has 0 spiro atoms. The highest BCUT2D eigenvalue weighted by atomic mass is 16.6. The molecule has 86 valence electrons. The Kier molecular flexibility index (Phi) is 2.46. The summed E-state index contributed by atoms with van der Waals surface area (Å²) in [5.74, 6) is 2.85. The van der Waals surface area contributed by atoms with Crippen LogP contribution in [0.25, 0.3) is 0 Å². The molecule has 0 bridgehead atoms. The maximum Gasteiger partial charge on any atom is 0.173 e. The predicted molar refractivity (Wildman–Crippen MR) is 63.8 cm³/mol. The van der Waals surface area contributed by atoms with Gasteiger partial charge in [0.1, 0.15) is 0 Å². The van der Waals surface area contributed by atoms with E-state index in [0.717, 1.165) is 11.3 Å². The average Bonchev–Trinajstić information content (AvgIpc) is 2.37. The third-order valence-corrected chi connectivity index (χ3v) is 2.72. The van der Waals surface area contributed by atoms with Gasteiger partial charge >= 0.3 is 0 Å². The van der Waals surface area contributed by atoms with Crippen molar-refractivity contribution in [2.45, 2.75) is 6.42 Å². The lowest BCUT2D eigenvalue weighted by molar-refractivity contribution is 0.295. The SMILES string of the molecule is OCCc1cccc2c1Oc1ccccc1O2. The van der Waals surface area contributed by atoms with Gasteiger partial charge in [0.25, 0.3) is 0 Å². The summed E-state index contributed by atoms with van der Waals surface area (Å²) < 4.78 is 11.6. The summed E-state index contributed by atoms with van der Waals surface area (Å²) >= 11 is 0. The maximum absolute atomic E-state index is 9.02. The van der Waals surface area contributed by atoms with Crippen molar-refractivity contribution in [3.05, 3.63) is 48.0 Å². The van der Waals surface area contributed by atoms with E-state index in [1.54, 1.807) is 0 Å². The molecule has 1 aliphatic heterocycles. The van der Waals surface area contributed by atoms with Gasteiger partial charge in [0.05, 0.1) is 0 Å². The van der Waals surface area contributed by atoms with Crippen LogP contribution in [-0.2, 0) is 6.42 Å². The highest BCUT2D eigenvalue weighted by Crippen LogP contribution is 2.46. The van der Waals surface area contributed by atoms with Crippen molar-refractivity contribution < 1.29 is 14.6 Å². The normalized spacial score (nSPS) is 12.1. The van der Waals surface area contributed by atoms with Gasteiger partial charge in [-0.15, -0.1) is 0 Å². The lowest BCUT2D eigenvalue weighted by Crippen LogP contribution is -2.02. The van der Waals surface area contributed by atoms with Crippen LogP contribution >= 0.6 is 0 Å². The Balaban J connectivity index is 2.05. The molecule has 0 unspecified atom stereocenters. The summed E-state index contributed by atoms with van der Waals surface area (Å²) in [6.07, 6.45) is 0.564. The lowest BCUT2D eigenvalue weighted by Gasteiger charge is -2.22. The van der Waals surface area contributed by atoms with Crippen molar-refractivity contribution in [1.29, 1.82) is 0 Å². The third kappa shape index (κ3) is 1.74. The molecule has 2 aromatic rings. The van der Waals surface area contributed by atoms with Gasteiger partial charge in [0.15, 0.2) is 23.0 Å². The molecule has 1 heterocycles. The molecule has 0 saturated heterocycles. The molecule has 17 heavy (non-hydrogen) atoms. The van der Waals surface area contributed by atoms with E-state index >= 15 is 0 Å². The number of aliphatic hydroxyl groups is 1. The molecule has 0 aliphatic carbocycles. The molecule has 0 aromatic heterocycles. The first-order valence-electron chi connectivity index (χ1n) is 5.56. The van der Waals surface area contributed by atoms with Gasteiger partial charge in [-0.3, -0.25) is 0 Å². The van der Waals surface area contributed by atoms with Gasteiger partial charge in [-0.05, 0) is 24.6 Å². The minimum Gasteiger partial charge on any atom is -0.450 e. The zero-order valence-electron chi connectivity index (χ0n) is 9.22. The summed E-state index contributed by atoms with van der Waals surface area (Å²) in [6.45, 7) is 0.0987. The van der Waals surface area contributed by atoms with Gasteiger partial charge < -0.3 is 14.6 Å². The zero-order valence-corrected chi connectivity index (χ0v) is 9.22. The van der Waals surface area contributed by atoms with Crippen LogP contribution in [0, 0.1) is 0 Å². The first-order chi connectivity index (χ1) is 8.38. The van der Waals surface area contributed by atoms with E-state index in [4.69, 9.17) is 14.6 Å². The Bertz CT molecular complexity index is 549. The molecule has 1 aliphatic rings. The number of rotatable bonds is 2. The number of hydrogen-bond acceptors (Lipinski definition) is 3. The molecule has 0 saturated carbocycles. The van der Waals surface area contributed by atoms with Crippen LogP contribution in [-0.4, -0.2) is 11.7 Å². The lowest BCUT2D eigenvalue weighted by atomic mass is 10.1. The predicted octanol–water partition coefficient (Wildman–Crippen LogP) is 3.12. The molecule has 0 atom stereocenters. The average molecular weight is 228 g/mol. The van der Waals surface area contributed by atoms with E-state index in [1.165, 1.54) is 0 Å². The van der Waals surface area contributed by atoms with Gasteiger partial charge in [0.2, 0.25) is 0 Å². The summed E-state index contributed by atoms with van der Waals surface area (Å²) in [5, 5.41) is 9.02. The maximum atomic E-state index is 9.02. The van der Waals surface area contributed by atoms with E-state index in [0.29, 0.717) is 23.7 Å². The molecule has 2 aromatic carbocycles. The van der Waals surface area contributed by atoms with Crippen LogP contribution in [0.4, 0.5) is 0 Å². The van der Waals surface area contributed by atoms with Gasteiger partial charge in [0, 0.05) is 12.2 Å². The zero-order chi connectivity index (χ0) is 11.7. The first kappa shape index (κ1) is 10.2. The second-order valence-electron chi connectivity index (χ2n) is 3.87. The quantitative estimate of drug-likeness (QED) is 0.732. The molecule has 0 fully saturated rings. The molecule has 3 nitrogen and oxygen atoms in total. The second-order valence-corrected chi connectivity index (χ2v) is 3.87. The number of para-hydroxylation sites is 3. The van der Waals surface area contributed by atoms with Crippen LogP contribution in [0.3, 0.4) is 0 Å². The van der Waals surface area contributed by atoms with Crippen LogP contribution in [0.1, 0.15) is 5.56 Å². The third-order valence-electron chi connectivity index (χ3n) is 2.72. The summed E-state index contributed by atoms with van der Waals surface area (Å²) in [6, 6.07) is 13.3. The van der Waals surface area contributed by atoms with Crippen molar-refractivity contribution in [1.82, 2.24) is 0 Å². The molecular weight excluding hydrogens is 216 g/mol. The fraction of sp³-hybridized carbons (Fsp3) is 0.143. The van der Waals surface area contributed by atoms with E-state index in [2.05, 4.69) is 0 Å². The monoisotopic (exact) mass is 228 g/mol. The largest absolute Gasteiger partial charge is 0.450 e. The minimum atomic E-state index is 0.0987. The molecule has 3 heteroatoms. The van der Waals surface area contributed by atoms with Gasteiger partial charge in [-0.1, -0.05) is 24.3 Å². The standard InChI is InChI=1S/C14H12O3/c15-9-8-10-4-3-7-13-14(10)17-12-6-2-1-5-11(12)16-13/h1-7,15H,8-9H2. The summed E-state index contributed by atoms with van der Waals surface area (Å²) in [7, 11) is 0. The summed E-state index contributed by atoms with van der Waals surface area (Å²) in [5.41, 5.74) is 0.958. The van der Waals surface area contributed by atoms with Crippen molar-refractivity contribution in [3.8, 4) is 23.0 Å². The Morgan fingerprint density at radius 1 is 0.824 bits per heavy atom. The van der Waals surface area contributed by atoms with E-state index in [-0.39, 0.29) is 6.61 Å². The second kappa shape index (κ2) is 4.11. The Morgan fingerprint density at radius 2 is 1.53 bits per heavy atom. The molecule has 3 rings (SSSR count). The number of fused-ring (bicyclic) bond motifs is 2. The fourth-order valence-electron chi connectivity index (χ4n) is 1.92. The highest BCUT2D eigenvalue weighted by molar-refractivity contribution is 5.57. The molecule has 0 amide bonds. The Morgan fingerprint density at radius 3 is 2.29 bits per heavy atom. The minimum absolute atomic E-state index is 0.0987. The van der Waals surface area contributed by atoms with E-state index in [9.17, 15) is 0 Å².